The molecule has 1 aliphatic heterocycles. The quantitative estimate of drug-likeness (QED) is 0.655. The number of sulfonamides is 1. The van der Waals surface area contributed by atoms with Gasteiger partial charge in [0.15, 0.2) is 11.5 Å². The highest BCUT2D eigenvalue weighted by Gasteiger charge is 2.21. The van der Waals surface area contributed by atoms with Gasteiger partial charge in [-0.2, -0.15) is 0 Å². The average Bonchev–Trinajstić information content (AvgIpc) is 2.56. The topological polar surface area (TPSA) is 108 Å². The summed E-state index contributed by atoms with van der Waals surface area (Å²) < 4.78 is 37.9. The van der Waals surface area contributed by atoms with Crippen LogP contribution in [0.1, 0.15) is 0 Å². The maximum absolute atomic E-state index is 12.5. The fraction of sp³-hybridized carbons (Fsp3) is 0.143. The largest absolute Gasteiger partial charge is 0.486 e. The lowest BCUT2D eigenvalue weighted by Crippen LogP contribution is -2.17. The van der Waals surface area contributed by atoms with E-state index in [1.54, 1.807) is 0 Å². The van der Waals surface area contributed by atoms with E-state index in [1.165, 1.54) is 30.3 Å². The van der Waals surface area contributed by atoms with E-state index in [0.29, 0.717) is 24.7 Å². The third-order valence-electron chi connectivity index (χ3n) is 3.23. The number of nitro benzene ring substituents is 1. The summed E-state index contributed by atoms with van der Waals surface area (Å²) in [6, 6.07) is 7.64. The predicted octanol–water partition coefficient (Wildman–Crippen LogP) is 2.82. The van der Waals surface area contributed by atoms with Gasteiger partial charge in [0.1, 0.15) is 13.2 Å². The molecule has 0 fully saturated rings. The molecule has 10 heteroatoms. The normalized spacial score (nSPS) is 13.4. The van der Waals surface area contributed by atoms with E-state index in [4.69, 9.17) is 21.1 Å². The van der Waals surface area contributed by atoms with Crippen molar-refractivity contribution in [2.75, 3.05) is 17.9 Å². The summed E-state index contributed by atoms with van der Waals surface area (Å²) in [6.45, 7) is 0.710. The Hall–Kier alpha value is -2.52. The van der Waals surface area contributed by atoms with Crippen LogP contribution in [0.25, 0.3) is 0 Å². The van der Waals surface area contributed by atoms with Crippen LogP contribution < -0.4 is 14.2 Å². The third kappa shape index (κ3) is 3.22. The lowest BCUT2D eigenvalue weighted by molar-refractivity contribution is -0.384. The van der Waals surface area contributed by atoms with E-state index in [2.05, 4.69) is 4.72 Å². The molecule has 2 aromatic carbocycles. The molecule has 0 aliphatic carbocycles. The molecule has 1 aliphatic rings. The summed E-state index contributed by atoms with van der Waals surface area (Å²) >= 11 is 5.92. The molecule has 0 amide bonds. The minimum atomic E-state index is -4.00. The number of ether oxygens (including phenoxy) is 2. The highest BCUT2D eigenvalue weighted by molar-refractivity contribution is 7.92. The standard InChI is InChI=1S/C14H11ClN2O6S/c15-11-3-1-9(17(18)19)7-12(11)16-24(20,21)10-2-4-13-14(8-10)23-6-5-22-13/h1-4,7-8,16H,5-6H2. The summed E-state index contributed by atoms with van der Waals surface area (Å²) in [7, 11) is -4.00. The Labute approximate surface area is 142 Å². The van der Waals surface area contributed by atoms with Gasteiger partial charge in [-0.25, -0.2) is 8.42 Å². The number of nitrogens with zero attached hydrogens (tertiary/aromatic N) is 1. The van der Waals surface area contributed by atoms with Gasteiger partial charge in [0.25, 0.3) is 15.7 Å². The second kappa shape index (κ2) is 6.17. The van der Waals surface area contributed by atoms with Crippen LogP contribution in [-0.4, -0.2) is 26.6 Å². The molecule has 0 unspecified atom stereocenters. The van der Waals surface area contributed by atoms with Crippen LogP contribution in [-0.2, 0) is 10.0 Å². The Morgan fingerprint density at radius 3 is 2.50 bits per heavy atom. The van der Waals surface area contributed by atoms with Gasteiger partial charge in [0, 0.05) is 18.2 Å². The van der Waals surface area contributed by atoms with Crippen LogP contribution >= 0.6 is 11.6 Å². The van der Waals surface area contributed by atoms with Gasteiger partial charge >= 0.3 is 0 Å². The molecule has 1 heterocycles. The molecule has 8 nitrogen and oxygen atoms in total. The number of fused-ring (bicyclic) bond motifs is 1. The summed E-state index contributed by atoms with van der Waals surface area (Å²) in [6.07, 6.45) is 0. The molecule has 0 radical (unpaired) electrons. The Kier molecular flexibility index (Phi) is 4.20. The van der Waals surface area contributed by atoms with Gasteiger partial charge in [-0.1, -0.05) is 11.6 Å². The van der Waals surface area contributed by atoms with Crippen molar-refractivity contribution in [3.05, 3.63) is 51.5 Å². The van der Waals surface area contributed by atoms with Crippen molar-refractivity contribution in [2.45, 2.75) is 4.90 Å². The van der Waals surface area contributed by atoms with E-state index in [0.717, 1.165) is 6.07 Å². The number of nitro groups is 1. The maximum Gasteiger partial charge on any atom is 0.271 e. The first kappa shape index (κ1) is 16.3. The smallest absolute Gasteiger partial charge is 0.271 e. The first-order valence-corrected chi connectivity index (χ1v) is 8.59. The van der Waals surface area contributed by atoms with Crippen molar-refractivity contribution in [3.63, 3.8) is 0 Å². The monoisotopic (exact) mass is 370 g/mol. The van der Waals surface area contributed by atoms with Crippen LogP contribution in [0.15, 0.2) is 41.3 Å². The molecule has 0 bridgehead atoms. The summed E-state index contributed by atoms with van der Waals surface area (Å²) in [5.41, 5.74) is -0.361. The molecular formula is C14H11ClN2O6S. The maximum atomic E-state index is 12.5. The average molecular weight is 371 g/mol. The number of hydrogen-bond donors (Lipinski definition) is 1. The van der Waals surface area contributed by atoms with Gasteiger partial charge in [0.05, 0.1) is 20.5 Å². The molecule has 0 atom stereocenters. The van der Waals surface area contributed by atoms with Crippen LogP contribution in [0.5, 0.6) is 11.5 Å². The molecule has 126 valence electrons. The number of hydrogen-bond acceptors (Lipinski definition) is 6. The zero-order valence-corrected chi connectivity index (χ0v) is 13.6. The molecule has 3 rings (SSSR count). The van der Waals surface area contributed by atoms with E-state index in [1.807, 2.05) is 0 Å². The van der Waals surface area contributed by atoms with Gasteiger partial charge in [-0.15, -0.1) is 0 Å². The predicted molar refractivity (Wildman–Crippen MR) is 86.3 cm³/mol. The Balaban J connectivity index is 1.94. The van der Waals surface area contributed by atoms with Crippen LogP contribution in [0.4, 0.5) is 11.4 Å². The molecule has 0 aromatic heterocycles. The zero-order valence-electron chi connectivity index (χ0n) is 12.1. The van der Waals surface area contributed by atoms with Crippen molar-refractivity contribution in [3.8, 4) is 11.5 Å². The molecule has 1 N–H and O–H groups in total. The first-order valence-electron chi connectivity index (χ1n) is 6.73. The van der Waals surface area contributed by atoms with E-state index < -0.39 is 14.9 Å². The number of benzene rings is 2. The van der Waals surface area contributed by atoms with Gasteiger partial charge in [-0.3, -0.25) is 14.8 Å². The Morgan fingerprint density at radius 1 is 1.08 bits per heavy atom. The fourth-order valence-corrected chi connectivity index (χ4v) is 3.41. The van der Waals surface area contributed by atoms with Gasteiger partial charge in [-0.05, 0) is 18.2 Å². The summed E-state index contributed by atoms with van der Waals surface area (Å²) in [5, 5.41) is 10.9. The highest BCUT2D eigenvalue weighted by Crippen LogP contribution is 2.34. The minimum Gasteiger partial charge on any atom is -0.486 e. The molecule has 24 heavy (non-hydrogen) atoms. The van der Waals surface area contributed by atoms with Crippen LogP contribution in [0, 0.1) is 10.1 Å². The third-order valence-corrected chi connectivity index (χ3v) is 4.92. The van der Waals surface area contributed by atoms with Crippen LogP contribution in [0.3, 0.4) is 0 Å². The summed E-state index contributed by atoms with van der Waals surface area (Å²) in [5.74, 6) is 0.767. The number of nitrogens with one attached hydrogen (secondary N) is 1. The number of halogens is 1. The molecule has 0 spiro atoms. The highest BCUT2D eigenvalue weighted by atomic mass is 35.5. The van der Waals surface area contributed by atoms with Crippen LogP contribution in [0.2, 0.25) is 5.02 Å². The summed E-state index contributed by atoms with van der Waals surface area (Å²) in [4.78, 5) is 10.1. The lowest BCUT2D eigenvalue weighted by atomic mass is 10.3. The molecule has 2 aromatic rings. The van der Waals surface area contributed by atoms with Crippen molar-refractivity contribution >= 4 is 33.0 Å². The minimum absolute atomic E-state index is 0.0433. The Bertz CT molecular complexity index is 915. The zero-order chi connectivity index (χ0) is 17.3. The second-order valence-electron chi connectivity index (χ2n) is 4.83. The molecular weight excluding hydrogens is 360 g/mol. The van der Waals surface area contributed by atoms with Crippen molar-refractivity contribution in [1.29, 1.82) is 0 Å². The first-order chi connectivity index (χ1) is 11.4. The second-order valence-corrected chi connectivity index (χ2v) is 6.92. The van der Waals surface area contributed by atoms with Crippen molar-refractivity contribution < 1.29 is 22.8 Å². The Morgan fingerprint density at radius 2 is 1.79 bits per heavy atom. The van der Waals surface area contributed by atoms with Gasteiger partial charge < -0.3 is 9.47 Å². The number of anilines is 1. The number of rotatable bonds is 4. The SMILES string of the molecule is O=[N+]([O-])c1ccc(Cl)c(NS(=O)(=O)c2ccc3c(c2)OCCO3)c1. The van der Waals surface area contributed by atoms with E-state index in [-0.39, 0.29) is 21.3 Å². The molecule has 0 saturated carbocycles. The number of non-ortho nitro benzene ring substituents is 1. The van der Waals surface area contributed by atoms with E-state index >= 15 is 0 Å². The molecule has 0 saturated heterocycles. The van der Waals surface area contributed by atoms with E-state index in [9.17, 15) is 18.5 Å². The van der Waals surface area contributed by atoms with Crippen molar-refractivity contribution in [2.24, 2.45) is 0 Å². The fourth-order valence-electron chi connectivity index (χ4n) is 2.10. The van der Waals surface area contributed by atoms with Gasteiger partial charge in [0.2, 0.25) is 0 Å². The lowest BCUT2D eigenvalue weighted by Gasteiger charge is -2.19. The van der Waals surface area contributed by atoms with Crippen molar-refractivity contribution in [1.82, 2.24) is 0 Å².